The minimum atomic E-state index is -3.82. The van der Waals surface area contributed by atoms with Gasteiger partial charge in [0.1, 0.15) is 12.4 Å². The number of aliphatic hydroxyl groups excluding tert-OH is 1. The summed E-state index contributed by atoms with van der Waals surface area (Å²) in [5.41, 5.74) is -0.234. The van der Waals surface area contributed by atoms with Gasteiger partial charge in [0.25, 0.3) is 0 Å². The summed E-state index contributed by atoms with van der Waals surface area (Å²) in [7, 11) is -3.82. The van der Waals surface area contributed by atoms with Gasteiger partial charge < -0.3 is 5.11 Å². The minimum Gasteiger partial charge on any atom is -0.384 e. The number of nitrogens with one attached hydrogen (secondary N) is 1. The lowest BCUT2D eigenvalue weighted by atomic mass is 9.89. The van der Waals surface area contributed by atoms with Gasteiger partial charge in [0.05, 0.1) is 4.90 Å². The first-order valence-electron chi connectivity index (χ1n) is 6.49. The smallest absolute Gasteiger partial charge is 0.242 e. The van der Waals surface area contributed by atoms with Crippen molar-refractivity contribution in [3.05, 3.63) is 29.6 Å². The first-order chi connectivity index (χ1) is 9.58. The third-order valence-corrected chi connectivity index (χ3v) is 4.76. The highest BCUT2D eigenvalue weighted by atomic mass is 32.2. The Kier molecular flexibility index (Phi) is 5.51. The monoisotopic (exact) mass is 313 g/mol. The van der Waals surface area contributed by atoms with Crippen LogP contribution < -0.4 is 4.72 Å². The van der Waals surface area contributed by atoms with Crippen LogP contribution in [0.25, 0.3) is 0 Å². The maximum absolute atomic E-state index is 13.3. The summed E-state index contributed by atoms with van der Waals surface area (Å²) in [6.07, 6.45) is 0. The highest BCUT2D eigenvalue weighted by Crippen LogP contribution is 2.22. The molecule has 2 N–H and O–H groups in total. The quantitative estimate of drug-likeness (QED) is 0.837. The fraction of sp³-hybridized carbons (Fsp3) is 0.467. The molecule has 1 rings (SSSR count). The summed E-state index contributed by atoms with van der Waals surface area (Å²) in [5.74, 6) is 4.21. The highest BCUT2D eigenvalue weighted by Gasteiger charge is 2.27. The molecular formula is C15H20FNO3S. The molecule has 21 heavy (non-hydrogen) atoms. The van der Waals surface area contributed by atoms with Gasteiger partial charge in [0, 0.05) is 11.6 Å². The standard InChI is InChI=1S/C15H20FNO3S/c1-11(15(2,3)4)17-21(19,20)14-8-7-13(16)10-12(14)6-5-9-18/h7-8,10-11,17-18H,9H2,1-4H3. The van der Waals surface area contributed by atoms with Gasteiger partial charge in [-0.3, -0.25) is 0 Å². The van der Waals surface area contributed by atoms with Crippen molar-refractivity contribution in [3.8, 4) is 11.8 Å². The molecule has 0 aliphatic heterocycles. The molecule has 0 aromatic heterocycles. The van der Waals surface area contributed by atoms with Crippen molar-refractivity contribution in [1.29, 1.82) is 0 Å². The van der Waals surface area contributed by atoms with Crippen LogP contribution in [-0.4, -0.2) is 26.2 Å². The maximum Gasteiger partial charge on any atom is 0.242 e. The van der Waals surface area contributed by atoms with Crippen molar-refractivity contribution in [3.63, 3.8) is 0 Å². The molecule has 1 aromatic rings. The lowest BCUT2D eigenvalue weighted by molar-refractivity contribution is 0.317. The third-order valence-electron chi connectivity index (χ3n) is 3.16. The van der Waals surface area contributed by atoms with Gasteiger partial charge in [-0.15, -0.1) is 0 Å². The van der Waals surface area contributed by atoms with E-state index in [1.54, 1.807) is 6.92 Å². The van der Waals surface area contributed by atoms with Gasteiger partial charge in [0.2, 0.25) is 10.0 Å². The van der Waals surface area contributed by atoms with Crippen molar-refractivity contribution in [2.24, 2.45) is 5.41 Å². The molecule has 1 atom stereocenters. The summed E-state index contributed by atoms with van der Waals surface area (Å²) in [4.78, 5) is -0.0963. The number of hydrogen-bond donors (Lipinski definition) is 2. The summed E-state index contributed by atoms with van der Waals surface area (Å²) in [5, 5.41) is 8.71. The van der Waals surface area contributed by atoms with E-state index in [1.165, 1.54) is 6.07 Å². The van der Waals surface area contributed by atoms with E-state index >= 15 is 0 Å². The van der Waals surface area contributed by atoms with Crippen molar-refractivity contribution in [2.45, 2.75) is 38.6 Å². The highest BCUT2D eigenvalue weighted by molar-refractivity contribution is 7.89. The van der Waals surface area contributed by atoms with Gasteiger partial charge in [-0.2, -0.15) is 0 Å². The number of aliphatic hydroxyl groups is 1. The van der Waals surface area contributed by atoms with Crippen molar-refractivity contribution >= 4 is 10.0 Å². The Bertz CT molecular complexity index is 666. The average Bonchev–Trinajstić information content (AvgIpc) is 2.34. The maximum atomic E-state index is 13.3. The summed E-state index contributed by atoms with van der Waals surface area (Å²) in [6, 6.07) is 2.97. The average molecular weight is 313 g/mol. The molecule has 0 aliphatic rings. The van der Waals surface area contributed by atoms with E-state index in [0.29, 0.717) is 0 Å². The number of benzene rings is 1. The zero-order valence-electron chi connectivity index (χ0n) is 12.6. The van der Waals surface area contributed by atoms with Crippen LogP contribution in [0.1, 0.15) is 33.3 Å². The van der Waals surface area contributed by atoms with E-state index in [0.717, 1.165) is 12.1 Å². The molecule has 0 aliphatic carbocycles. The number of rotatable bonds is 3. The zero-order chi connectivity index (χ0) is 16.3. The molecule has 1 unspecified atom stereocenters. The van der Waals surface area contributed by atoms with Crippen LogP contribution in [0, 0.1) is 23.1 Å². The number of halogens is 1. The minimum absolute atomic E-state index is 0.0256. The van der Waals surface area contributed by atoms with Gasteiger partial charge in [-0.25, -0.2) is 17.5 Å². The molecule has 0 fully saturated rings. The first-order valence-corrected chi connectivity index (χ1v) is 7.98. The van der Waals surface area contributed by atoms with E-state index in [-0.39, 0.29) is 21.9 Å². The SMILES string of the molecule is CC(NS(=O)(=O)c1ccc(F)cc1C#CCO)C(C)(C)C. The predicted octanol–water partition coefficient (Wildman–Crippen LogP) is 1.88. The number of hydrogen-bond acceptors (Lipinski definition) is 3. The van der Waals surface area contributed by atoms with Crippen LogP contribution in [-0.2, 0) is 10.0 Å². The first kappa shape index (κ1) is 17.6. The van der Waals surface area contributed by atoms with Crippen LogP contribution in [0.5, 0.6) is 0 Å². The van der Waals surface area contributed by atoms with E-state index in [2.05, 4.69) is 16.6 Å². The Morgan fingerprint density at radius 2 is 2.00 bits per heavy atom. The molecule has 4 nitrogen and oxygen atoms in total. The third kappa shape index (κ3) is 4.81. The van der Waals surface area contributed by atoms with Crippen LogP contribution in [0.2, 0.25) is 0 Å². The molecule has 0 bridgehead atoms. The predicted molar refractivity (Wildman–Crippen MR) is 79.6 cm³/mol. The van der Waals surface area contributed by atoms with Crippen LogP contribution in [0.15, 0.2) is 23.1 Å². The van der Waals surface area contributed by atoms with E-state index in [9.17, 15) is 12.8 Å². The second-order valence-electron chi connectivity index (χ2n) is 5.81. The molecular weight excluding hydrogens is 293 g/mol. The summed E-state index contributed by atoms with van der Waals surface area (Å²) < 4.78 is 40.7. The van der Waals surface area contributed by atoms with Gasteiger partial charge in [-0.05, 0) is 30.5 Å². The molecule has 116 valence electrons. The van der Waals surface area contributed by atoms with E-state index in [1.807, 2.05) is 20.8 Å². The molecule has 6 heteroatoms. The summed E-state index contributed by atoms with van der Waals surface area (Å²) in [6.45, 7) is 7.08. The van der Waals surface area contributed by atoms with Crippen LogP contribution in [0.3, 0.4) is 0 Å². The topological polar surface area (TPSA) is 66.4 Å². The molecule has 0 saturated carbocycles. The molecule has 0 amide bonds. The van der Waals surface area contributed by atoms with Gasteiger partial charge >= 0.3 is 0 Å². The number of sulfonamides is 1. The van der Waals surface area contributed by atoms with Crippen molar-refractivity contribution in [2.75, 3.05) is 6.61 Å². The Morgan fingerprint density at radius 3 is 2.52 bits per heavy atom. The molecule has 0 saturated heterocycles. The zero-order valence-corrected chi connectivity index (χ0v) is 13.4. The van der Waals surface area contributed by atoms with Crippen molar-refractivity contribution in [1.82, 2.24) is 4.72 Å². The Balaban J connectivity index is 3.26. The van der Waals surface area contributed by atoms with Gasteiger partial charge in [-0.1, -0.05) is 32.6 Å². The second-order valence-corrected chi connectivity index (χ2v) is 7.49. The Morgan fingerprint density at radius 1 is 1.38 bits per heavy atom. The molecule has 0 radical (unpaired) electrons. The lowest BCUT2D eigenvalue weighted by Gasteiger charge is -2.28. The van der Waals surface area contributed by atoms with Crippen molar-refractivity contribution < 1.29 is 17.9 Å². The largest absolute Gasteiger partial charge is 0.384 e. The Labute approximate surface area is 125 Å². The fourth-order valence-electron chi connectivity index (χ4n) is 1.44. The molecule has 1 aromatic carbocycles. The molecule has 0 heterocycles. The summed E-state index contributed by atoms with van der Waals surface area (Å²) >= 11 is 0. The molecule has 0 spiro atoms. The van der Waals surface area contributed by atoms with Gasteiger partial charge in [0.15, 0.2) is 0 Å². The lowest BCUT2D eigenvalue weighted by Crippen LogP contribution is -2.41. The fourth-order valence-corrected chi connectivity index (χ4v) is 3.03. The normalized spacial score (nSPS) is 13.4. The van der Waals surface area contributed by atoms with Crippen LogP contribution >= 0.6 is 0 Å². The second kappa shape index (κ2) is 6.56. The van der Waals surface area contributed by atoms with Crippen LogP contribution in [0.4, 0.5) is 4.39 Å². The van der Waals surface area contributed by atoms with E-state index in [4.69, 9.17) is 5.11 Å². The Hall–Kier alpha value is -1.42. The van der Waals surface area contributed by atoms with E-state index < -0.39 is 22.4 Å².